The van der Waals surface area contributed by atoms with Gasteiger partial charge in [0.25, 0.3) is 0 Å². The SMILES string of the molecule is CCNC(c1cc(C)ccc1C)C1CSCCO1. The second kappa shape index (κ2) is 6.60. The zero-order valence-corrected chi connectivity index (χ0v) is 12.3. The molecular weight excluding hydrogens is 242 g/mol. The summed E-state index contributed by atoms with van der Waals surface area (Å²) in [5.41, 5.74) is 4.07. The summed E-state index contributed by atoms with van der Waals surface area (Å²) in [7, 11) is 0. The number of hydrogen-bond acceptors (Lipinski definition) is 3. The van der Waals surface area contributed by atoms with Crippen molar-refractivity contribution in [3.8, 4) is 0 Å². The van der Waals surface area contributed by atoms with Crippen molar-refractivity contribution in [1.82, 2.24) is 5.32 Å². The highest BCUT2D eigenvalue weighted by atomic mass is 32.2. The highest BCUT2D eigenvalue weighted by Gasteiger charge is 2.26. The van der Waals surface area contributed by atoms with Gasteiger partial charge in [0.05, 0.1) is 18.8 Å². The van der Waals surface area contributed by atoms with Gasteiger partial charge in [0.2, 0.25) is 0 Å². The third-order valence-electron chi connectivity index (χ3n) is 3.41. The molecule has 0 saturated carbocycles. The lowest BCUT2D eigenvalue weighted by Crippen LogP contribution is -2.38. The van der Waals surface area contributed by atoms with Crippen molar-refractivity contribution in [2.45, 2.75) is 32.9 Å². The number of hydrogen-bond donors (Lipinski definition) is 1. The number of ether oxygens (including phenoxy) is 1. The van der Waals surface area contributed by atoms with Crippen LogP contribution in [0, 0.1) is 13.8 Å². The smallest absolute Gasteiger partial charge is 0.0860 e. The molecule has 100 valence electrons. The van der Waals surface area contributed by atoms with Crippen LogP contribution in [0.3, 0.4) is 0 Å². The molecule has 1 heterocycles. The van der Waals surface area contributed by atoms with Crippen LogP contribution in [-0.4, -0.2) is 30.8 Å². The monoisotopic (exact) mass is 265 g/mol. The van der Waals surface area contributed by atoms with Crippen LogP contribution in [0.4, 0.5) is 0 Å². The Morgan fingerprint density at radius 1 is 1.44 bits per heavy atom. The summed E-state index contributed by atoms with van der Waals surface area (Å²) in [6.07, 6.45) is 0.296. The molecule has 1 aromatic carbocycles. The quantitative estimate of drug-likeness (QED) is 0.904. The standard InChI is InChI=1S/C15H23NOS/c1-4-16-15(14-10-18-8-7-17-14)13-9-11(2)5-6-12(13)3/h5-6,9,14-16H,4,7-8,10H2,1-3H3. The minimum Gasteiger partial charge on any atom is -0.375 e. The number of benzene rings is 1. The van der Waals surface area contributed by atoms with Crippen LogP contribution in [0.25, 0.3) is 0 Å². The zero-order chi connectivity index (χ0) is 13.0. The Morgan fingerprint density at radius 3 is 2.94 bits per heavy atom. The molecule has 3 heteroatoms. The Kier molecular flexibility index (Phi) is 5.10. The highest BCUT2D eigenvalue weighted by molar-refractivity contribution is 7.99. The van der Waals surface area contributed by atoms with Crippen molar-refractivity contribution in [2.24, 2.45) is 0 Å². The fourth-order valence-electron chi connectivity index (χ4n) is 2.46. The number of rotatable bonds is 4. The summed E-state index contributed by atoms with van der Waals surface area (Å²) >= 11 is 2.00. The zero-order valence-electron chi connectivity index (χ0n) is 11.5. The van der Waals surface area contributed by atoms with Crippen molar-refractivity contribution < 1.29 is 4.74 Å². The van der Waals surface area contributed by atoms with E-state index in [9.17, 15) is 0 Å². The average molecular weight is 265 g/mol. The van der Waals surface area contributed by atoms with E-state index in [0.29, 0.717) is 12.1 Å². The number of nitrogens with one attached hydrogen (secondary N) is 1. The molecule has 1 aliphatic heterocycles. The van der Waals surface area contributed by atoms with Gasteiger partial charge in [-0.1, -0.05) is 30.7 Å². The topological polar surface area (TPSA) is 21.3 Å². The lowest BCUT2D eigenvalue weighted by atomic mass is 9.95. The minimum atomic E-state index is 0.296. The largest absolute Gasteiger partial charge is 0.375 e. The van der Waals surface area contributed by atoms with Crippen LogP contribution in [-0.2, 0) is 4.74 Å². The fraction of sp³-hybridized carbons (Fsp3) is 0.600. The lowest BCUT2D eigenvalue weighted by Gasteiger charge is -2.32. The first-order valence-corrected chi connectivity index (χ1v) is 7.87. The third-order valence-corrected chi connectivity index (χ3v) is 4.43. The molecule has 2 rings (SSSR count). The van der Waals surface area contributed by atoms with E-state index in [1.807, 2.05) is 11.8 Å². The Morgan fingerprint density at radius 2 is 2.28 bits per heavy atom. The molecule has 0 bridgehead atoms. The first kappa shape index (κ1) is 13.9. The molecule has 0 spiro atoms. The molecule has 1 N–H and O–H groups in total. The van der Waals surface area contributed by atoms with Gasteiger partial charge in [-0.05, 0) is 31.5 Å². The molecule has 0 amide bonds. The molecule has 18 heavy (non-hydrogen) atoms. The predicted molar refractivity (Wildman–Crippen MR) is 79.4 cm³/mol. The average Bonchev–Trinajstić information content (AvgIpc) is 2.40. The summed E-state index contributed by atoms with van der Waals surface area (Å²) in [6, 6.07) is 7.01. The van der Waals surface area contributed by atoms with Gasteiger partial charge in [-0.15, -0.1) is 0 Å². The first-order valence-electron chi connectivity index (χ1n) is 6.72. The van der Waals surface area contributed by atoms with E-state index < -0.39 is 0 Å². The van der Waals surface area contributed by atoms with Gasteiger partial charge in [0.1, 0.15) is 0 Å². The molecule has 1 saturated heterocycles. The molecule has 2 atom stereocenters. The van der Waals surface area contributed by atoms with Crippen LogP contribution in [0.2, 0.25) is 0 Å². The van der Waals surface area contributed by atoms with E-state index in [2.05, 4.69) is 44.3 Å². The van der Waals surface area contributed by atoms with Crippen LogP contribution in [0.5, 0.6) is 0 Å². The van der Waals surface area contributed by atoms with Crippen molar-refractivity contribution >= 4 is 11.8 Å². The van der Waals surface area contributed by atoms with E-state index >= 15 is 0 Å². The van der Waals surface area contributed by atoms with Crippen molar-refractivity contribution in [3.63, 3.8) is 0 Å². The maximum Gasteiger partial charge on any atom is 0.0860 e. The van der Waals surface area contributed by atoms with E-state index in [1.54, 1.807) is 0 Å². The lowest BCUT2D eigenvalue weighted by molar-refractivity contribution is 0.0470. The summed E-state index contributed by atoms with van der Waals surface area (Å²) < 4.78 is 5.96. The van der Waals surface area contributed by atoms with E-state index in [1.165, 1.54) is 16.7 Å². The van der Waals surface area contributed by atoms with Crippen molar-refractivity contribution in [2.75, 3.05) is 24.7 Å². The summed E-state index contributed by atoms with van der Waals surface area (Å²) in [4.78, 5) is 0. The first-order chi connectivity index (χ1) is 8.72. The number of thioether (sulfide) groups is 1. The van der Waals surface area contributed by atoms with Crippen LogP contribution in [0.15, 0.2) is 18.2 Å². The van der Waals surface area contributed by atoms with E-state index in [0.717, 1.165) is 24.7 Å². The minimum absolute atomic E-state index is 0.296. The van der Waals surface area contributed by atoms with Crippen molar-refractivity contribution in [1.29, 1.82) is 0 Å². The summed E-state index contributed by atoms with van der Waals surface area (Å²) in [6.45, 7) is 8.36. The molecule has 0 aromatic heterocycles. The van der Waals surface area contributed by atoms with E-state index in [4.69, 9.17) is 4.74 Å². The summed E-state index contributed by atoms with van der Waals surface area (Å²) in [5, 5.41) is 3.60. The molecule has 1 fully saturated rings. The Labute approximate surface area is 114 Å². The maximum absolute atomic E-state index is 5.96. The molecular formula is C15H23NOS. The van der Waals surface area contributed by atoms with Crippen LogP contribution < -0.4 is 5.32 Å². The normalized spacial score (nSPS) is 21.8. The predicted octanol–water partition coefficient (Wildman–Crippen LogP) is 3.09. The van der Waals surface area contributed by atoms with E-state index in [-0.39, 0.29) is 0 Å². The number of likely N-dealkylation sites (N-methyl/N-ethyl adjacent to an activating group) is 1. The van der Waals surface area contributed by atoms with Gasteiger partial charge in [0, 0.05) is 11.5 Å². The second-order valence-electron chi connectivity index (χ2n) is 4.88. The Bertz CT molecular complexity index is 388. The molecule has 1 aromatic rings. The molecule has 0 radical (unpaired) electrons. The van der Waals surface area contributed by atoms with Crippen molar-refractivity contribution in [3.05, 3.63) is 34.9 Å². The maximum atomic E-state index is 5.96. The molecule has 1 aliphatic rings. The van der Waals surface area contributed by atoms with Gasteiger partial charge in [-0.25, -0.2) is 0 Å². The Balaban J connectivity index is 2.24. The van der Waals surface area contributed by atoms with Gasteiger partial charge < -0.3 is 10.1 Å². The van der Waals surface area contributed by atoms with Crippen LogP contribution in [0.1, 0.15) is 29.7 Å². The van der Waals surface area contributed by atoms with Gasteiger partial charge in [-0.2, -0.15) is 11.8 Å². The second-order valence-corrected chi connectivity index (χ2v) is 6.03. The van der Waals surface area contributed by atoms with Gasteiger partial charge in [-0.3, -0.25) is 0 Å². The van der Waals surface area contributed by atoms with Crippen LogP contribution >= 0.6 is 11.8 Å². The Hall–Kier alpha value is -0.510. The fourth-order valence-corrected chi connectivity index (χ4v) is 3.36. The third kappa shape index (κ3) is 3.28. The molecule has 2 nitrogen and oxygen atoms in total. The molecule has 2 unspecified atom stereocenters. The van der Waals surface area contributed by atoms with Gasteiger partial charge in [0.15, 0.2) is 0 Å². The number of aryl methyl sites for hydroxylation is 2. The van der Waals surface area contributed by atoms with Gasteiger partial charge >= 0.3 is 0 Å². The summed E-state index contributed by atoms with van der Waals surface area (Å²) in [5.74, 6) is 2.22. The molecule has 0 aliphatic carbocycles. The highest BCUT2D eigenvalue weighted by Crippen LogP contribution is 2.28.